The maximum absolute atomic E-state index is 4.50. The molecule has 1 aliphatic carbocycles. The Labute approximate surface area is 92.4 Å². The number of hydrogen-bond donors (Lipinski definition) is 0. The molecule has 14 heavy (non-hydrogen) atoms. The summed E-state index contributed by atoms with van der Waals surface area (Å²) >= 11 is 3.46. The van der Waals surface area contributed by atoms with Crippen LogP contribution < -0.4 is 0 Å². The molecule has 1 aliphatic rings. The van der Waals surface area contributed by atoms with Gasteiger partial charge in [-0.25, -0.2) is 0 Å². The van der Waals surface area contributed by atoms with Gasteiger partial charge in [0, 0.05) is 23.1 Å². The van der Waals surface area contributed by atoms with Crippen LogP contribution in [-0.2, 0) is 6.54 Å². The van der Waals surface area contributed by atoms with Crippen molar-refractivity contribution in [1.29, 1.82) is 0 Å². The number of nitrogens with zero attached hydrogens (tertiary/aromatic N) is 2. The first-order chi connectivity index (χ1) is 6.79. The number of hydrogen-bond acceptors (Lipinski definition) is 1. The molecule has 74 valence electrons. The van der Waals surface area contributed by atoms with Crippen LogP contribution in [0.3, 0.4) is 0 Å². The van der Waals surface area contributed by atoms with Crippen molar-refractivity contribution >= 4 is 15.9 Å². The topological polar surface area (TPSA) is 17.8 Å². The highest BCUT2D eigenvalue weighted by Gasteiger charge is 2.12. The van der Waals surface area contributed by atoms with E-state index in [2.05, 4.69) is 52.2 Å². The van der Waals surface area contributed by atoms with Gasteiger partial charge in [0.2, 0.25) is 0 Å². The van der Waals surface area contributed by atoms with Crippen LogP contribution in [-0.4, -0.2) is 9.78 Å². The normalized spacial score (nSPS) is 21.0. The summed E-state index contributed by atoms with van der Waals surface area (Å²) in [7, 11) is 0. The van der Waals surface area contributed by atoms with Crippen molar-refractivity contribution in [1.82, 2.24) is 9.78 Å². The molecule has 1 aromatic heterocycles. The number of halogens is 1. The first kappa shape index (κ1) is 9.71. The van der Waals surface area contributed by atoms with E-state index >= 15 is 0 Å². The van der Waals surface area contributed by atoms with Gasteiger partial charge in [0.1, 0.15) is 0 Å². The number of allylic oxidation sites excluding steroid dienone is 4. The Bertz CT molecular complexity index is 376. The van der Waals surface area contributed by atoms with Crippen LogP contribution >= 0.6 is 15.9 Å². The molecule has 0 spiro atoms. The Morgan fingerprint density at radius 2 is 2.50 bits per heavy atom. The van der Waals surface area contributed by atoms with E-state index < -0.39 is 0 Å². The van der Waals surface area contributed by atoms with Crippen LogP contribution in [0.4, 0.5) is 0 Å². The fourth-order valence-corrected chi connectivity index (χ4v) is 1.90. The highest BCUT2D eigenvalue weighted by atomic mass is 79.9. The summed E-state index contributed by atoms with van der Waals surface area (Å²) in [6, 6.07) is 2.10. The minimum absolute atomic E-state index is 0.448. The van der Waals surface area contributed by atoms with E-state index in [1.54, 1.807) is 0 Å². The van der Waals surface area contributed by atoms with Crippen molar-refractivity contribution in [2.75, 3.05) is 0 Å². The van der Waals surface area contributed by atoms with Gasteiger partial charge in [0.25, 0.3) is 0 Å². The van der Waals surface area contributed by atoms with Crippen molar-refractivity contribution in [2.45, 2.75) is 25.8 Å². The Morgan fingerprint density at radius 3 is 3.07 bits per heavy atom. The molecule has 0 aromatic carbocycles. The van der Waals surface area contributed by atoms with Gasteiger partial charge in [0.15, 0.2) is 0 Å². The molecule has 0 amide bonds. The summed E-state index contributed by atoms with van der Waals surface area (Å²) in [5.41, 5.74) is 1.17. The molecule has 2 nitrogen and oxygen atoms in total. The minimum atomic E-state index is 0.448. The molecule has 0 saturated carbocycles. The maximum Gasteiger partial charge on any atom is 0.0696 e. The Hall–Kier alpha value is -0.830. The Balaban J connectivity index is 2.13. The van der Waals surface area contributed by atoms with Crippen molar-refractivity contribution in [3.63, 3.8) is 0 Å². The van der Waals surface area contributed by atoms with E-state index in [0.29, 0.717) is 5.92 Å². The molecule has 3 heteroatoms. The third-order valence-corrected chi connectivity index (χ3v) is 3.01. The fourth-order valence-electron chi connectivity index (χ4n) is 1.56. The summed E-state index contributed by atoms with van der Waals surface area (Å²) < 4.78 is 3.14. The van der Waals surface area contributed by atoms with Gasteiger partial charge in [-0.3, -0.25) is 4.68 Å². The SMILES string of the molecule is CCn1ccc(C2C=CC(Br)=CC2)n1. The van der Waals surface area contributed by atoms with Gasteiger partial charge in [-0.2, -0.15) is 5.10 Å². The van der Waals surface area contributed by atoms with Crippen LogP contribution in [0.25, 0.3) is 0 Å². The van der Waals surface area contributed by atoms with Gasteiger partial charge in [0.05, 0.1) is 5.69 Å². The number of aromatic nitrogens is 2. The molecule has 0 fully saturated rings. The summed E-state index contributed by atoms with van der Waals surface area (Å²) in [5, 5.41) is 4.50. The van der Waals surface area contributed by atoms with Crippen molar-refractivity contribution in [3.8, 4) is 0 Å². The van der Waals surface area contributed by atoms with Crippen LogP contribution in [0.5, 0.6) is 0 Å². The molecule has 1 atom stereocenters. The zero-order chi connectivity index (χ0) is 9.97. The molecule has 2 rings (SSSR count). The maximum atomic E-state index is 4.50. The van der Waals surface area contributed by atoms with Crippen LogP contribution in [0, 0.1) is 0 Å². The predicted molar refractivity (Wildman–Crippen MR) is 61.4 cm³/mol. The monoisotopic (exact) mass is 252 g/mol. The molecule has 1 unspecified atom stereocenters. The smallest absolute Gasteiger partial charge is 0.0696 e. The molecular formula is C11H13BrN2. The second-order valence-corrected chi connectivity index (χ2v) is 4.30. The average Bonchev–Trinajstić information content (AvgIpc) is 2.67. The Kier molecular flexibility index (Phi) is 2.87. The molecule has 0 radical (unpaired) electrons. The molecule has 1 aromatic rings. The summed E-state index contributed by atoms with van der Waals surface area (Å²) in [6.45, 7) is 3.04. The lowest BCUT2D eigenvalue weighted by molar-refractivity contribution is 0.636. The largest absolute Gasteiger partial charge is 0.273 e. The van der Waals surface area contributed by atoms with Gasteiger partial charge >= 0.3 is 0 Å². The van der Waals surface area contributed by atoms with Crippen molar-refractivity contribution < 1.29 is 0 Å². The van der Waals surface area contributed by atoms with Crippen molar-refractivity contribution in [3.05, 3.63) is 40.7 Å². The second-order valence-electron chi connectivity index (χ2n) is 3.39. The van der Waals surface area contributed by atoms with Crippen molar-refractivity contribution in [2.24, 2.45) is 0 Å². The first-order valence-corrected chi connectivity index (χ1v) is 5.66. The first-order valence-electron chi connectivity index (χ1n) is 4.87. The zero-order valence-corrected chi connectivity index (χ0v) is 9.74. The molecule has 0 saturated heterocycles. The van der Waals surface area contributed by atoms with Gasteiger partial charge in [-0.1, -0.05) is 34.2 Å². The summed E-state index contributed by atoms with van der Waals surface area (Å²) in [5.74, 6) is 0.448. The van der Waals surface area contributed by atoms with E-state index in [1.807, 2.05) is 10.9 Å². The van der Waals surface area contributed by atoms with Gasteiger partial charge < -0.3 is 0 Å². The van der Waals surface area contributed by atoms with Crippen LogP contribution in [0.15, 0.2) is 35.0 Å². The van der Waals surface area contributed by atoms with Crippen LogP contribution in [0.1, 0.15) is 25.0 Å². The zero-order valence-electron chi connectivity index (χ0n) is 8.15. The van der Waals surface area contributed by atoms with E-state index in [1.165, 1.54) is 10.2 Å². The summed E-state index contributed by atoms with van der Waals surface area (Å²) in [6.07, 6.45) is 9.57. The molecule has 0 N–H and O–H groups in total. The number of aryl methyl sites for hydroxylation is 1. The molecule has 0 aliphatic heterocycles. The lowest BCUT2D eigenvalue weighted by atomic mass is 9.98. The standard InChI is InChI=1S/C11H13BrN2/c1-2-14-8-7-11(13-14)9-3-5-10(12)6-4-9/h3,5-9H,2,4H2,1H3. The van der Waals surface area contributed by atoms with E-state index in [4.69, 9.17) is 0 Å². The lowest BCUT2D eigenvalue weighted by Crippen LogP contribution is -2.01. The van der Waals surface area contributed by atoms with E-state index in [0.717, 1.165) is 13.0 Å². The predicted octanol–water partition coefficient (Wildman–Crippen LogP) is 3.23. The quantitative estimate of drug-likeness (QED) is 0.791. The van der Waals surface area contributed by atoms with Gasteiger partial charge in [-0.05, 0) is 19.4 Å². The highest BCUT2D eigenvalue weighted by Crippen LogP contribution is 2.27. The molecule has 1 heterocycles. The molecule has 0 bridgehead atoms. The second kappa shape index (κ2) is 4.13. The van der Waals surface area contributed by atoms with Gasteiger partial charge in [-0.15, -0.1) is 0 Å². The molecular weight excluding hydrogens is 240 g/mol. The lowest BCUT2D eigenvalue weighted by Gasteiger charge is -2.11. The average molecular weight is 253 g/mol. The number of rotatable bonds is 2. The Morgan fingerprint density at radius 1 is 1.64 bits per heavy atom. The van der Waals surface area contributed by atoms with E-state index in [-0.39, 0.29) is 0 Å². The highest BCUT2D eigenvalue weighted by molar-refractivity contribution is 9.11. The van der Waals surface area contributed by atoms with E-state index in [9.17, 15) is 0 Å². The third-order valence-electron chi connectivity index (χ3n) is 2.42. The fraction of sp³-hybridized carbons (Fsp3) is 0.364. The minimum Gasteiger partial charge on any atom is -0.273 e. The third kappa shape index (κ3) is 1.98. The summed E-state index contributed by atoms with van der Waals surface area (Å²) in [4.78, 5) is 0. The van der Waals surface area contributed by atoms with Crippen LogP contribution in [0.2, 0.25) is 0 Å².